The number of nitrogens with one attached hydrogen (secondary N) is 3. The Labute approximate surface area is 262 Å². The highest BCUT2D eigenvalue weighted by atomic mass is 127. The molecule has 1 aromatic carbocycles. The number of benzene rings is 1. The Balaban J connectivity index is 0.00000391. The fourth-order valence-corrected chi connectivity index (χ4v) is 3.79. The molecule has 0 unspecified atom stereocenters. The molecule has 2 rings (SSSR count). The molecule has 0 spiro atoms. The first-order valence-corrected chi connectivity index (χ1v) is 15.3. The van der Waals surface area contributed by atoms with Gasteiger partial charge < -0.3 is 29.7 Å². The van der Waals surface area contributed by atoms with Crippen LogP contribution >= 0.6 is 46.1 Å². The van der Waals surface area contributed by atoms with Crippen LogP contribution in [0.1, 0.15) is 33.1 Å². The molecule has 0 saturated carbocycles. The zero-order valence-corrected chi connectivity index (χ0v) is 27.3. The number of hydrogen-bond donors (Lipinski definition) is 3. The summed E-state index contributed by atoms with van der Waals surface area (Å²) in [5.74, 6) is 0.232. The second kappa shape index (κ2) is 23.3. The minimum absolute atomic E-state index is 0.0414. The monoisotopic (exact) mass is 716 g/mol. The molecular weight excluding hydrogens is 674 g/mol. The van der Waals surface area contributed by atoms with Gasteiger partial charge in [0.05, 0.1) is 48.8 Å². The first-order chi connectivity index (χ1) is 19.4. The number of nitrogens with zero attached hydrogens (tertiary/aromatic N) is 3. The maximum absolute atomic E-state index is 12.2. The van der Waals surface area contributed by atoms with Crippen molar-refractivity contribution in [3.05, 3.63) is 28.2 Å². The smallest absolute Gasteiger partial charge is 0.245 e. The van der Waals surface area contributed by atoms with E-state index in [9.17, 15) is 9.59 Å². The number of amidine groups is 1. The van der Waals surface area contributed by atoms with Gasteiger partial charge in [0, 0.05) is 68.4 Å². The molecule has 0 atom stereocenters. The fourth-order valence-electron chi connectivity index (χ4n) is 3.28. The quantitative estimate of drug-likeness (QED) is 0.113. The highest BCUT2D eigenvalue weighted by Crippen LogP contribution is 2.28. The normalized spacial score (nSPS) is 12.7. The van der Waals surface area contributed by atoms with Gasteiger partial charge in [0.1, 0.15) is 12.4 Å². The van der Waals surface area contributed by atoms with E-state index in [0.29, 0.717) is 74.8 Å². The van der Waals surface area contributed by atoms with Crippen LogP contribution in [-0.2, 0) is 23.8 Å². The van der Waals surface area contributed by atoms with Crippen molar-refractivity contribution < 1.29 is 23.8 Å². The van der Waals surface area contributed by atoms with Crippen LogP contribution in [0.5, 0.6) is 0 Å². The van der Waals surface area contributed by atoms with E-state index in [4.69, 9.17) is 37.4 Å². The summed E-state index contributed by atoms with van der Waals surface area (Å²) in [7, 11) is 2.02. The van der Waals surface area contributed by atoms with Gasteiger partial charge in [-0.1, -0.05) is 37.0 Å². The summed E-state index contributed by atoms with van der Waals surface area (Å²) in [5.41, 5.74) is 0.810. The SMILES string of the molecule is CC.CN(CCOCCNI)CCOCCOCC(=O)NCCCC(=O)NC1=NN(c2ccc(Cl)c(Cl)c2)CC1. The lowest BCUT2D eigenvalue weighted by atomic mass is 10.3. The Morgan fingerprint density at radius 1 is 1.00 bits per heavy atom. The average molecular weight is 717 g/mol. The molecule has 3 N–H and O–H groups in total. The number of ether oxygens (including phenoxy) is 3. The first-order valence-electron chi connectivity index (χ1n) is 13.5. The third-order valence-corrected chi connectivity index (χ3v) is 6.65. The lowest BCUT2D eigenvalue weighted by molar-refractivity contribution is -0.126. The third-order valence-electron chi connectivity index (χ3n) is 5.37. The zero-order chi connectivity index (χ0) is 29.6. The Morgan fingerprint density at radius 2 is 1.70 bits per heavy atom. The number of amides is 2. The summed E-state index contributed by atoms with van der Waals surface area (Å²) in [6, 6.07) is 5.28. The molecule has 2 amide bonds. The number of likely N-dealkylation sites (N-methyl/N-ethyl adjacent to an activating group) is 1. The molecule has 1 aliphatic rings. The van der Waals surface area contributed by atoms with Gasteiger partial charge in [0.15, 0.2) is 0 Å². The average Bonchev–Trinajstić information content (AvgIpc) is 3.41. The van der Waals surface area contributed by atoms with Crippen molar-refractivity contribution in [2.24, 2.45) is 5.10 Å². The van der Waals surface area contributed by atoms with Gasteiger partial charge >= 0.3 is 0 Å². The summed E-state index contributed by atoms with van der Waals surface area (Å²) < 4.78 is 19.4. The van der Waals surface area contributed by atoms with Crippen molar-refractivity contribution >= 4 is 69.4 Å². The number of halogens is 3. The summed E-state index contributed by atoms with van der Waals surface area (Å²) in [6.07, 6.45) is 1.40. The van der Waals surface area contributed by atoms with E-state index in [1.54, 1.807) is 17.1 Å². The lowest BCUT2D eigenvalue weighted by Crippen LogP contribution is -2.32. The number of hydrazone groups is 1. The standard InChI is InChI=1S/C24H37Cl2IN6O5.C2H6/c1-32(10-13-36-12-8-29-27)11-14-37-15-16-38-18-24(35)28-7-2-3-23(34)30-22-6-9-33(31-22)19-4-5-20(25)21(26)17-19;1-2/h4-5,17,29H,2-3,6-16,18H2,1H3,(H,28,35)(H,30,31,34);1-2H3. The van der Waals surface area contributed by atoms with Crippen LogP contribution in [0, 0.1) is 0 Å². The van der Waals surface area contributed by atoms with Gasteiger partial charge in [-0.25, -0.2) is 0 Å². The molecule has 228 valence electrons. The van der Waals surface area contributed by atoms with E-state index >= 15 is 0 Å². The summed E-state index contributed by atoms with van der Waals surface area (Å²) in [6.45, 7) is 10.2. The van der Waals surface area contributed by atoms with Crippen LogP contribution in [0.4, 0.5) is 5.69 Å². The Hall–Kier alpha value is -1.26. The Bertz CT molecular complexity index is 899. The molecule has 0 saturated heterocycles. The van der Waals surface area contributed by atoms with Crippen LogP contribution in [0.2, 0.25) is 10.0 Å². The van der Waals surface area contributed by atoms with Crippen LogP contribution in [0.3, 0.4) is 0 Å². The van der Waals surface area contributed by atoms with Gasteiger partial charge in [-0.15, -0.1) is 0 Å². The number of carbonyl (C=O) groups excluding carboxylic acids is 2. The molecule has 1 aromatic rings. The molecule has 1 heterocycles. The molecule has 14 heteroatoms. The molecule has 0 bridgehead atoms. The molecular formula is C26H43Cl2IN6O5. The highest BCUT2D eigenvalue weighted by Gasteiger charge is 2.18. The number of hydrogen-bond acceptors (Lipinski definition) is 9. The van der Waals surface area contributed by atoms with Crippen LogP contribution in [-0.4, -0.2) is 102 Å². The molecule has 1 aliphatic heterocycles. The van der Waals surface area contributed by atoms with Crippen molar-refractivity contribution in [3.8, 4) is 0 Å². The van der Waals surface area contributed by atoms with Crippen molar-refractivity contribution in [2.45, 2.75) is 33.1 Å². The van der Waals surface area contributed by atoms with E-state index in [2.05, 4.69) is 47.0 Å². The summed E-state index contributed by atoms with van der Waals surface area (Å²) in [5, 5.41) is 12.7. The Morgan fingerprint density at radius 3 is 2.40 bits per heavy atom. The van der Waals surface area contributed by atoms with Gasteiger partial charge in [-0.05, 0) is 31.7 Å². The van der Waals surface area contributed by atoms with Crippen molar-refractivity contribution in [1.29, 1.82) is 0 Å². The second-order valence-electron chi connectivity index (χ2n) is 8.48. The highest BCUT2D eigenvalue weighted by molar-refractivity contribution is 14.1. The molecule has 0 aliphatic carbocycles. The lowest BCUT2D eigenvalue weighted by Gasteiger charge is -2.16. The van der Waals surface area contributed by atoms with Gasteiger partial charge in [0.2, 0.25) is 11.8 Å². The second-order valence-corrected chi connectivity index (χ2v) is 10.1. The zero-order valence-electron chi connectivity index (χ0n) is 23.6. The van der Waals surface area contributed by atoms with E-state index < -0.39 is 0 Å². The number of anilines is 1. The van der Waals surface area contributed by atoms with E-state index in [-0.39, 0.29) is 24.8 Å². The van der Waals surface area contributed by atoms with Gasteiger partial charge in [0.25, 0.3) is 0 Å². The maximum Gasteiger partial charge on any atom is 0.245 e. The van der Waals surface area contributed by atoms with Crippen molar-refractivity contribution in [1.82, 2.24) is 19.1 Å². The summed E-state index contributed by atoms with van der Waals surface area (Å²) >= 11 is 14.1. The summed E-state index contributed by atoms with van der Waals surface area (Å²) in [4.78, 5) is 26.2. The minimum atomic E-state index is -0.222. The predicted molar refractivity (Wildman–Crippen MR) is 170 cm³/mol. The molecule has 11 nitrogen and oxygen atoms in total. The number of rotatable bonds is 19. The van der Waals surface area contributed by atoms with E-state index in [1.807, 2.05) is 27.0 Å². The fraction of sp³-hybridized carbons (Fsp3) is 0.654. The van der Waals surface area contributed by atoms with Gasteiger partial charge in [-0.3, -0.25) is 18.1 Å². The molecule has 40 heavy (non-hydrogen) atoms. The Kier molecular flexibility index (Phi) is 21.4. The van der Waals surface area contributed by atoms with E-state index in [0.717, 1.165) is 25.3 Å². The molecule has 0 fully saturated rings. The maximum atomic E-state index is 12.2. The molecule has 0 radical (unpaired) electrons. The topological polar surface area (TPSA) is 117 Å². The third kappa shape index (κ3) is 16.9. The van der Waals surface area contributed by atoms with Gasteiger partial charge in [-0.2, -0.15) is 5.10 Å². The minimum Gasteiger partial charge on any atom is -0.379 e. The van der Waals surface area contributed by atoms with Crippen LogP contribution in [0.25, 0.3) is 0 Å². The predicted octanol–water partition coefficient (Wildman–Crippen LogP) is 3.48. The largest absolute Gasteiger partial charge is 0.379 e. The van der Waals surface area contributed by atoms with Crippen LogP contribution in [0.15, 0.2) is 23.3 Å². The van der Waals surface area contributed by atoms with Crippen molar-refractivity contribution in [2.75, 3.05) is 84.4 Å². The number of carbonyl (C=O) groups is 2. The van der Waals surface area contributed by atoms with Crippen LogP contribution < -0.4 is 19.2 Å². The van der Waals surface area contributed by atoms with Crippen molar-refractivity contribution in [3.63, 3.8) is 0 Å². The van der Waals surface area contributed by atoms with E-state index in [1.165, 1.54) is 0 Å². The molecule has 0 aromatic heterocycles. The first kappa shape index (κ1) is 36.8.